The second kappa shape index (κ2) is 9.93. The molecular weight excluding hydrogens is 324 g/mol. The second-order valence-electron chi connectivity index (χ2n) is 7.81. The van der Waals surface area contributed by atoms with E-state index in [1.54, 1.807) is 0 Å². The summed E-state index contributed by atoms with van der Waals surface area (Å²) in [5.74, 6) is 0.603. The predicted molar refractivity (Wildman–Crippen MR) is 107 cm³/mol. The van der Waals surface area contributed by atoms with Crippen LogP contribution in [0.5, 0.6) is 0 Å². The SMILES string of the molecule is NC(=NCC1(Cc2ccccc2)CCCC1)NCCCN1CCOCC1. The number of hydrogen-bond donors (Lipinski definition) is 2. The Hall–Kier alpha value is -1.59. The highest BCUT2D eigenvalue weighted by Gasteiger charge is 2.33. The lowest BCUT2D eigenvalue weighted by atomic mass is 9.80. The van der Waals surface area contributed by atoms with Crippen LogP contribution in [0.25, 0.3) is 0 Å². The van der Waals surface area contributed by atoms with E-state index in [1.807, 2.05) is 0 Å². The number of benzene rings is 1. The maximum atomic E-state index is 6.13. The molecule has 0 radical (unpaired) electrons. The Morgan fingerprint density at radius 3 is 2.62 bits per heavy atom. The number of guanidine groups is 1. The molecule has 5 heteroatoms. The normalized spacial score (nSPS) is 21.0. The van der Waals surface area contributed by atoms with Crippen molar-refractivity contribution in [3.63, 3.8) is 0 Å². The minimum Gasteiger partial charge on any atom is -0.379 e. The highest BCUT2D eigenvalue weighted by Crippen LogP contribution is 2.41. The van der Waals surface area contributed by atoms with E-state index >= 15 is 0 Å². The molecule has 2 fully saturated rings. The molecule has 0 bridgehead atoms. The van der Waals surface area contributed by atoms with Gasteiger partial charge in [-0.25, -0.2) is 0 Å². The van der Waals surface area contributed by atoms with Crippen LogP contribution in [0.15, 0.2) is 35.3 Å². The van der Waals surface area contributed by atoms with Crippen LogP contribution in [0.4, 0.5) is 0 Å². The van der Waals surface area contributed by atoms with Gasteiger partial charge in [-0.2, -0.15) is 0 Å². The summed E-state index contributed by atoms with van der Waals surface area (Å²) in [6.45, 7) is 6.64. The maximum Gasteiger partial charge on any atom is 0.188 e. The molecule has 2 aliphatic rings. The van der Waals surface area contributed by atoms with E-state index in [1.165, 1.54) is 31.2 Å². The third kappa shape index (κ3) is 5.99. The topological polar surface area (TPSA) is 62.9 Å². The Labute approximate surface area is 158 Å². The van der Waals surface area contributed by atoms with Gasteiger partial charge < -0.3 is 15.8 Å². The Balaban J connectivity index is 1.42. The molecule has 1 saturated carbocycles. The molecule has 3 rings (SSSR count). The number of rotatable bonds is 8. The van der Waals surface area contributed by atoms with Crippen molar-refractivity contribution in [3.8, 4) is 0 Å². The Bertz CT molecular complexity index is 548. The minimum absolute atomic E-state index is 0.293. The third-order valence-electron chi connectivity index (χ3n) is 5.73. The first-order chi connectivity index (χ1) is 12.8. The molecule has 144 valence electrons. The summed E-state index contributed by atoms with van der Waals surface area (Å²) in [6.07, 6.45) is 7.35. The van der Waals surface area contributed by atoms with Crippen molar-refractivity contribution in [2.24, 2.45) is 16.1 Å². The molecule has 26 heavy (non-hydrogen) atoms. The Morgan fingerprint density at radius 1 is 1.15 bits per heavy atom. The molecule has 1 aromatic rings. The van der Waals surface area contributed by atoms with Crippen molar-refractivity contribution in [1.29, 1.82) is 0 Å². The number of nitrogens with zero attached hydrogens (tertiary/aromatic N) is 2. The Kier molecular flexibility index (Phi) is 7.32. The number of nitrogens with two attached hydrogens (primary N) is 1. The minimum atomic E-state index is 0.293. The highest BCUT2D eigenvalue weighted by atomic mass is 16.5. The first kappa shape index (κ1) is 19.2. The van der Waals surface area contributed by atoms with Crippen molar-refractivity contribution in [2.45, 2.75) is 38.5 Å². The van der Waals surface area contributed by atoms with E-state index in [2.05, 4.69) is 40.5 Å². The molecule has 1 aromatic carbocycles. The van der Waals surface area contributed by atoms with Crippen molar-refractivity contribution >= 4 is 5.96 Å². The number of aliphatic imine (C=N–C) groups is 1. The lowest BCUT2D eigenvalue weighted by Crippen LogP contribution is -2.39. The zero-order valence-electron chi connectivity index (χ0n) is 16.0. The summed E-state index contributed by atoms with van der Waals surface area (Å²) < 4.78 is 5.38. The Morgan fingerprint density at radius 2 is 1.88 bits per heavy atom. The summed E-state index contributed by atoms with van der Waals surface area (Å²) in [4.78, 5) is 7.16. The van der Waals surface area contributed by atoms with E-state index in [0.29, 0.717) is 11.4 Å². The van der Waals surface area contributed by atoms with Gasteiger partial charge in [-0.15, -0.1) is 0 Å². The van der Waals surface area contributed by atoms with Crippen LogP contribution < -0.4 is 11.1 Å². The van der Waals surface area contributed by atoms with E-state index in [9.17, 15) is 0 Å². The quantitative estimate of drug-likeness (QED) is 0.426. The summed E-state index contributed by atoms with van der Waals surface area (Å²) in [7, 11) is 0. The fraction of sp³-hybridized carbons (Fsp3) is 0.667. The monoisotopic (exact) mass is 358 g/mol. The van der Waals surface area contributed by atoms with Crippen molar-refractivity contribution in [2.75, 3.05) is 45.9 Å². The van der Waals surface area contributed by atoms with Crippen LogP contribution in [0.2, 0.25) is 0 Å². The van der Waals surface area contributed by atoms with Gasteiger partial charge in [-0.1, -0.05) is 43.2 Å². The smallest absolute Gasteiger partial charge is 0.188 e. The molecule has 1 saturated heterocycles. The van der Waals surface area contributed by atoms with Crippen LogP contribution in [-0.4, -0.2) is 56.8 Å². The molecule has 1 aliphatic heterocycles. The molecule has 0 amide bonds. The van der Waals surface area contributed by atoms with Gasteiger partial charge in [0.15, 0.2) is 5.96 Å². The van der Waals surface area contributed by atoms with Gasteiger partial charge in [0, 0.05) is 26.2 Å². The molecule has 1 heterocycles. The molecule has 0 unspecified atom stereocenters. The van der Waals surface area contributed by atoms with E-state index in [4.69, 9.17) is 15.5 Å². The summed E-state index contributed by atoms with van der Waals surface area (Å²) in [6, 6.07) is 10.8. The third-order valence-corrected chi connectivity index (χ3v) is 5.73. The van der Waals surface area contributed by atoms with Gasteiger partial charge in [-0.05, 0) is 43.2 Å². The zero-order chi connectivity index (χ0) is 18.1. The fourth-order valence-electron chi connectivity index (χ4n) is 4.20. The fourth-order valence-corrected chi connectivity index (χ4v) is 4.20. The average Bonchev–Trinajstić information content (AvgIpc) is 3.14. The van der Waals surface area contributed by atoms with Crippen LogP contribution in [-0.2, 0) is 11.2 Å². The maximum absolute atomic E-state index is 6.13. The molecule has 5 nitrogen and oxygen atoms in total. The van der Waals surface area contributed by atoms with Crippen LogP contribution >= 0.6 is 0 Å². The molecule has 0 spiro atoms. The van der Waals surface area contributed by atoms with Crippen molar-refractivity contribution in [1.82, 2.24) is 10.2 Å². The molecule has 1 aliphatic carbocycles. The van der Waals surface area contributed by atoms with Gasteiger partial charge in [0.05, 0.1) is 13.2 Å². The number of hydrogen-bond acceptors (Lipinski definition) is 3. The summed E-state index contributed by atoms with van der Waals surface area (Å²) in [5.41, 5.74) is 7.84. The van der Waals surface area contributed by atoms with Gasteiger partial charge in [0.25, 0.3) is 0 Å². The largest absolute Gasteiger partial charge is 0.379 e. The van der Waals surface area contributed by atoms with E-state index < -0.39 is 0 Å². The number of morpholine rings is 1. The van der Waals surface area contributed by atoms with Gasteiger partial charge >= 0.3 is 0 Å². The summed E-state index contributed by atoms with van der Waals surface area (Å²) in [5, 5.41) is 3.30. The van der Waals surface area contributed by atoms with Crippen LogP contribution in [0, 0.1) is 5.41 Å². The first-order valence-corrected chi connectivity index (χ1v) is 10.1. The molecule has 0 atom stereocenters. The standard InChI is InChI=1S/C21H34N4O/c22-20(23-11-6-12-25-13-15-26-16-14-25)24-18-21(9-4-5-10-21)17-19-7-2-1-3-8-19/h1-3,7-8H,4-6,9-18H2,(H3,22,23,24). The lowest BCUT2D eigenvalue weighted by Gasteiger charge is -2.27. The number of nitrogens with one attached hydrogen (secondary N) is 1. The van der Waals surface area contributed by atoms with Crippen molar-refractivity contribution < 1.29 is 4.74 Å². The van der Waals surface area contributed by atoms with Crippen LogP contribution in [0.3, 0.4) is 0 Å². The second-order valence-corrected chi connectivity index (χ2v) is 7.81. The predicted octanol–water partition coefficient (Wildman–Crippen LogP) is 2.42. The molecule has 0 aromatic heterocycles. The highest BCUT2D eigenvalue weighted by molar-refractivity contribution is 5.77. The molecular formula is C21H34N4O. The molecule has 3 N–H and O–H groups in total. The lowest BCUT2D eigenvalue weighted by molar-refractivity contribution is 0.0376. The van der Waals surface area contributed by atoms with E-state index in [-0.39, 0.29) is 0 Å². The van der Waals surface area contributed by atoms with Crippen molar-refractivity contribution in [3.05, 3.63) is 35.9 Å². The average molecular weight is 359 g/mol. The zero-order valence-corrected chi connectivity index (χ0v) is 16.0. The first-order valence-electron chi connectivity index (χ1n) is 10.1. The van der Waals surface area contributed by atoms with E-state index in [0.717, 1.165) is 58.8 Å². The van der Waals surface area contributed by atoms with Gasteiger partial charge in [0.1, 0.15) is 0 Å². The van der Waals surface area contributed by atoms with Crippen LogP contribution in [0.1, 0.15) is 37.7 Å². The number of ether oxygens (including phenoxy) is 1. The van der Waals surface area contributed by atoms with Gasteiger partial charge in [-0.3, -0.25) is 9.89 Å². The van der Waals surface area contributed by atoms with Gasteiger partial charge in [0.2, 0.25) is 0 Å². The summed E-state index contributed by atoms with van der Waals surface area (Å²) >= 11 is 0.